The fraction of sp³-hybridized carbons (Fsp3) is 0.0667. The molecule has 3 N–H and O–H groups in total. The number of nitrogens with one attached hydrogen (secondary N) is 1. The summed E-state index contributed by atoms with van der Waals surface area (Å²) < 4.78 is 13.8. The van der Waals surface area contributed by atoms with E-state index in [1.807, 2.05) is 18.2 Å². The van der Waals surface area contributed by atoms with Gasteiger partial charge in [0.1, 0.15) is 10.8 Å². The van der Waals surface area contributed by atoms with E-state index in [4.69, 9.17) is 18.0 Å². The first kappa shape index (κ1) is 15.6. The van der Waals surface area contributed by atoms with Crippen LogP contribution in [0.1, 0.15) is 21.5 Å². The van der Waals surface area contributed by atoms with Gasteiger partial charge in [0.25, 0.3) is 5.91 Å². The second kappa shape index (κ2) is 6.78. The molecule has 0 atom stereocenters. The van der Waals surface area contributed by atoms with Gasteiger partial charge < -0.3 is 11.1 Å². The van der Waals surface area contributed by atoms with Gasteiger partial charge in [0.15, 0.2) is 0 Å². The van der Waals surface area contributed by atoms with Gasteiger partial charge >= 0.3 is 0 Å². The summed E-state index contributed by atoms with van der Waals surface area (Å²) in [5.41, 5.74) is 7.42. The third-order valence-electron chi connectivity index (χ3n) is 2.79. The zero-order valence-electron chi connectivity index (χ0n) is 10.9. The van der Waals surface area contributed by atoms with Crippen molar-refractivity contribution in [3.63, 3.8) is 0 Å². The summed E-state index contributed by atoms with van der Waals surface area (Å²) in [6, 6.07) is 11.3. The van der Waals surface area contributed by atoms with Gasteiger partial charge in [-0.2, -0.15) is 0 Å². The lowest BCUT2D eigenvalue weighted by Crippen LogP contribution is -2.23. The predicted molar refractivity (Wildman–Crippen MR) is 87.6 cm³/mol. The van der Waals surface area contributed by atoms with Gasteiger partial charge in [0, 0.05) is 22.1 Å². The van der Waals surface area contributed by atoms with Crippen molar-refractivity contribution in [2.75, 3.05) is 0 Å². The lowest BCUT2D eigenvalue weighted by molar-refractivity contribution is 0.0950. The number of carbonyl (C=O) groups is 1. The average molecular weight is 367 g/mol. The van der Waals surface area contributed by atoms with E-state index in [0.29, 0.717) is 16.0 Å². The van der Waals surface area contributed by atoms with Gasteiger partial charge in [-0.05, 0) is 29.8 Å². The maximum absolute atomic E-state index is 13.3. The Bertz CT molecular complexity index is 686. The molecule has 0 aliphatic heterocycles. The van der Waals surface area contributed by atoms with Gasteiger partial charge in [-0.1, -0.05) is 46.3 Å². The molecular formula is C15H12BrFN2OS. The molecule has 6 heteroatoms. The summed E-state index contributed by atoms with van der Waals surface area (Å²) >= 11 is 8.06. The summed E-state index contributed by atoms with van der Waals surface area (Å²) in [5, 5.41) is 2.73. The van der Waals surface area contributed by atoms with Gasteiger partial charge in [-0.3, -0.25) is 4.79 Å². The first-order valence-electron chi connectivity index (χ1n) is 6.09. The molecule has 0 unspecified atom stereocenters. The van der Waals surface area contributed by atoms with E-state index in [2.05, 4.69) is 21.2 Å². The van der Waals surface area contributed by atoms with Crippen molar-refractivity contribution in [2.24, 2.45) is 5.73 Å². The Morgan fingerprint density at radius 2 is 2.00 bits per heavy atom. The van der Waals surface area contributed by atoms with Gasteiger partial charge in [0.05, 0.1) is 0 Å². The quantitative estimate of drug-likeness (QED) is 0.817. The second-order valence-corrected chi connectivity index (χ2v) is 5.76. The lowest BCUT2D eigenvalue weighted by Gasteiger charge is -2.07. The Balaban J connectivity index is 2.07. The zero-order chi connectivity index (χ0) is 15.4. The van der Waals surface area contributed by atoms with Gasteiger partial charge in [-0.15, -0.1) is 0 Å². The molecule has 1 amide bonds. The zero-order valence-corrected chi connectivity index (χ0v) is 13.3. The van der Waals surface area contributed by atoms with Crippen LogP contribution in [0.5, 0.6) is 0 Å². The van der Waals surface area contributed by atoms with E-state index in [0.717, 1.165) is 11.1 Å². The van der Waals surface area contributed by atoms with Crippen LogP contribution in [0.25, 0.3) is 0 Å². The van der Waals surface area contributed by atoms with Gasteiger partial charge in [-0.25, -0.2) is 4.39 Å². The number of rotatable bonds is 4. The van der Waals surface area contributed by atoms with E-state index in [1.54, 1.807) is 12.1 Å². The minimum absolute atomic E-state index is 0.257. The Morgan fingerprint density at radius 1 is 1.24 bits per heavy atom. The Morgan fingerprint density at radius 3 is 2.67 bits per heavy atom. The summed E-state index contributed by atoms with van der Waals surface area (Å²) in [6.07, 6.45) is 0. The average Bonchev–Trinajstić information content (AvgIpc) is 2.44. The highest BCUT2D eigenvalue weighted by molar-refractivity contribution is 9.10. The van der Waals surface area contributed by atoms with Gasteiger partial charge in [0.2, 0.25) is 0 Å². The molecule has 0 bridgehead atoms. The third kappa shape index (κ3) is 4.34. The molecule has 3 nitrogen and oxygen atoms in total. The summed E-state index contributed by atoms with van der Waals surface area (Å²) in [4.78, 5) is 12.3. The molecule has 0 fully saturated rings. The molecule has 21 heavy (non-hydrogen) atoms. The smallest absolute Gasteiger partial charge is 0.251 e. The van der Waals surface area contributed by atoms with Crippen LogP contribution in [0.15, 0.2) is 46.9 Å². The number of halogens is 2. The SMILES string of the molecule is NC(=S)c1cccc(CNC(=O)c2cc(F)cc(Br)c2)c1. The van der Waals surface area contributed by atoms with Crippen molar-refractivity contribution in [2.45, 2.75) is 6.54 Å². The molecule has 0 saturated heterocycles. The molecule has 0 radical (unpaired) electrons. The monoisotopic (exact) mass is 366 g/mol. The number of hydrogen-bond acceptors (Lipinski definition) is 2. The third-order valence-corrected chi connectivity index (χ3v) is 3.48. The van der Waals surface area contributed by atoms with Crippen LogP contribution < -0.4 is 11.1 Å². The standard InChI is InChI=1S/C15H12BrFN2OS/c16-12-5-11(6-13(17)7-12)15(20)19-8-9-2-1-3-10(4-9)14(18)21/h1-7H,8H2,(H2,18,21)(H,19,20). The molecule has 2 aromatic carbocycles. The van der Waals surface area contributed by atoms with Crippen LogP contribution in [-0.4, -0.2) is 10.9 Å². The first-order valence-corrected chi connectivity index (χ1v) is 7.29. The van der Waals surface area contributed by atoms with Crippen LogP contribution in [0, 0.1) is 5.82 Å². The van der Waals surface area contributed by atoms with E-state index < -0.39 is 5.82 Å². The molecule has 2 rings (SSSR count). The Kier molecular flexibility index (Phi) is 5.03. The fourth-order valence-corrected chi connectivity index (χ4v) is 2.40. The summed E-state index contributed by atoms with van der Waals surface area (Å²) in [6.45, 7) is 0.309. The molecule has 0 aliphatic carbocycles. The van der Waals surface area contributed by atoms with Crippen LogP contribution in [0.2, 0.25) is 0 Å². The second-order valence-electron chi connectivity index (χ2n) is 4.41. The molecule has 0 spiro atoms. The van der Waals surface area contributed by atoms with Crippen molar-refractivity contribution in [1.82, 2.24) is 5.32 Å². The molecule has 0 saturated carbocycles. The van der Waals surface area contributed by atoms with E-state index in [-0.39, 0.29) is 11.5 Å². The molecule has 2 aromatic rings. The van der Waals surface area contributed by atoms with Crippen LogP contribution in [0.4, 0.5) is 4.39 Å². The summed E-state index contributed by atoms with van der Waals surface area (Å²) in [7, 11) is 0. The predicted octanol–water partition coefficient (Wildman–Crippen LogP) is 3.15. The topological polar surface area (TPSA) is 55.1 Å². The van der Waals surface area contributed by atoms with E-state index in [1.165, 1.54) is 12.1 Å². The normalized spacial score (nSPS) is 10.2. The minimum atomic E-state index is -0.468. The molecule has 0 aliphatic rings. The Labute approximate surface area is 135 Å². The number of nitrogens with two attached hydrogens (primary N) is 1. The molecule has 0 heterocycles. The lowest BCUT2D eigenvalue weighted by atomic mass is 10.1. The van der Waals surface area contributed by atoms with Crippen LogP contribution >= 0.6 is 28.1 Å². The van der Waals surface area contributed by atoms with Crippen molar-refractivity contribution in [1.29, 1.82) is 0 Å². The Hall–Kier alpha value is -1.79. The maximum atomic E-state index is 13.3. The van der Waals surface area contributed by atoms with Crippen molar-refractivity contribution in [3.8, 4) is 0 Å². The highest BCUT2D eigenvalue weighted by Crippen LogP contribution is 2.15. The number of hydrogen-bond donors (Lipinski definition) is 2. The fourth-order valence-electron chi connectivity index (χ4n) is 1.80. The number of amides is 1. The number of carbonyl (C=O) groups excluding carboxylic acids is 1. The van der Waals surface area contributed by atoms with E-state index >= 15 is 0 Å². The van der Waals surface area contributed by atoms with E-state index in [9.17, 15) is 9.18 Å². The molecule has 0 aromatic heterocycles. The summed E-state index contributed by atoms with van der Waals surface area (Å²) in [5.74, 6) is -0.819. The number of benzene rings is 2. The number of thiocarbonyl (C=S) groups is 1. The maximum Gasteiger partial charge on any atom is 0.251 e. The van der Waals surface area contributed by atoms with Crippen molar-refractivity contribution < 1.29 is 9.18 Å². The molecule has 108 valence electrons. The van der Waals surface area contributed by atoms with Crippen molar-refractivity contribution >= 4 is 39.0 Å². The first-order chi connectivity index (χ1) is 9.95. The van der Waals surface area contributed by atoms with Crippen molar-refractivity contribution in [3.05, 3.63) is 69.4 Å². The highest BCUT2D eigenvalue weighted by atomic mass is 79.9. The molecular weight excluding hydrogens is 355 g/mol. The minimum Gasteiger partial charge on any atom is -0.389 e. The van der Waals surface area contributed by atoms with Crippen LogP contribution in [0.3, 0.4) is 0 Å². The highest BCUT2D eigenvalue weighted by Gasteiger charge is 2.08. The van der Waals surface area contributed by atoms with Crippen LogP contribution in [-0.2, 0) is 6.54 Å². The largest absolute Gasteiger partial charge is 0.389 e.